The first kappa shape index (κ1) is 12.1. The van der Waals surface area contributed by atoms with Crippen LogP contribution in [0.4, 0.5) is 8.78 Å². The van der Waals surface area contributed by atoms with Crippen molar-refractivity contribution in [3.05, 3.63) is 35.4 Å². The van der Waals surface area contributed by atoms with Crippen LogP contribution in [0.25, 0.3) is 0 Å². The van der Waals surface area contributed by atoms with Gasteiger partial charge in [0.15, 0.2) is 0 Å². The van der Waals surface area contributed by atoms with Gasteiger partial charge >= 0.3 is 0 Å². The molecule has 0 aromatic heterocycles. The molecule has 0 saturated heterocycles. The number of hydrogen-bond acceptors (Lipinski definition) is 1. The number of hydrogen-bond donors (Lipinski definition) is 1. The molecule has 0 bridgehead atoms. The highest BCUT2D eigenvalue weighted by molar-refractivity contribution is 9.09. The second kappa shape index (κ2) is 5.80. The standard InChI is InChI=1S/C10H10BrF2NO/c11-3-4-14-10(15)5-7-1-2-8(12)6-9(7)13/h1-2,6H,3-5H2,(H,14,15). The molecule has 0 unspecified atom stereocenters. The van der Waals surface area contributed by atoms with Gasteiger partial charge in [0.1, 0.15) is 11.6 Å². The van der Waals surface area contributed by atoms with Crippen molar-refractivity contribution in [2.75, 3.05) is 11.9 Å². The first-order valence-electron chi connectivity index (χ1n) is 4.40. The molecule has 0 saturated carbocycles. The van der Waals surface area contributed by atoms with Gasteiger partial charge in [-0.05, 0) is 11.6 Å². The Bertz CT molecular complexity index is 357. The van der Waals surface area contributed by atoms with Gasteiger partial charge in [-0.15, -0.1) is 0 Å². The summed E-state index contributed by atoms with van der Waals surface area (Å²) in [6, 6.07) is 3.18. The Morgan fingerprint density at radius 2 is 2.13 bits per heavy atom. The molecule has 1 rings (SSSR count). The molecule has 0 aliphatic heterocycles. The fourth-order valence-corrected chi connectivity index (χ4v) is 1.29. The number of halogens is 3. The van der Waals surface area contributed by atoms with E-state index in [1.807, 2.05) is 0 Å². The highest BCUT2D eigenvalue weighted by Gasteiger charge is 2.08. The number of rotatable bonds is 4. The molecule has 0 aliphatic rings. The molecule has 0 fully saturated rings. The Morgan fingerprint density at radius 3 is 2.73 bits per heavy atom. The van der Waals surface area contributed by atoms with Crippen molar-refractivity contribution in [2.24, 2.45) is 0 Å². The number of nitrogens with one attached hydrogen (secondary N) is 1. The third-order valence-electron chi connectivity index (χ3n) is 1.78. The highest BCUT2D eigenvalue weighted by Crippen LogP contribution is 2.09. The van der Waals surface area contributed by atoms with E-state index in [0.29, 0.717) is 11.9 Å². The van der Waals surface area contributed by atoms with E-state index in [-0.39, 0.29) is 17.9 Å². The maximum atomic E-state index is 13.1. The topological polar surface area (TPSA) is 29.1 Å². The van der Waals surface area contributed by atoms with Crippen LogP contribution in [-0.4, -0.2) is 17.8 Å². The summed E-state index contributed by atoms with van der Waals surface area (Å²) >= 11 is 3.15. The van der Waals surface area contributed by atoms with Crippen LogP contribution in [0.3, 0.4) is 0 Å². The summed E-state index contributed by atoms with van der Waals surface area (Å²) in [6.45, 7) is 0.488. The van der Waals surface area contributed by atoms with Gasteiger partial charge < -0.3 is 5.32 Å². The highest BCUT2D eigenvalue weighted by atomic mass is 79.9. The monoisotopic (exact) mass is 277 g/mol. The molecule has 82 valence electrons. The minimum Gasteiger partial charge on any atom is -0.355 e. The Morgan fingerprint density at radius 1 is 1.40 bits per heavy atom. The number of carbonyl (C=O) groups is 1. The van der Waals surface area contributed by atoms with E-state index in [1.165, 1.54) is 6.07 Å². The van der Waals surface area contributed by atoms with E-state index in [2.05, 4.69) is 21.2 Å². The van der Waals surface area contributed by atoms with Crippen molar-refractivity contribution in [2.45, 2.75) is 6.42 Å². The van der Waals surface area contributed by atoms with E-state index in [1.54, 1.807) is 0 Å². The predicted octanol–water partition coefficient (Wildman–Crippen LogP) is 2.02. The smallest absolute Gasteiger partial charge is 0.224 e. The molecule has 0 aliphatic carbocycles. The summed E-state index contributed by atoms with van der Waals surface area (Å²) in [6.07, 6.45) is -0.0703. The van der Waals surface area contributed by atoms with Crippen LogP contribution in [0.5, 0.6) is 0 Å². The normalized spacial score (nSPS) is 10.1. The SMILES string of the molecule is O=C(Cc1ccc(F)cc1F)NCCBr. The van der Waals surface area contributed by atoms with Crippen molar-refractivity contribution < 1.29 is 13.6 Å². The Labute approximate surface area is 94.8 Å². The van der Waals surface area contributed by atoms with Crippen molar-refractivity contribution in [3.8, 4) is 0 Å². The molecule has 2 nitrogen and oxygen atoms in total. The van der Waals surface area contributed by atoms with Crippen LogP contribution in [0, 0.1) is 11.6 Å². The molecule has 0 heterocycles. The molecule has 15 heavy (non-hydrogen) atoms. The second-order valence-electron chi connectivity index (χ2n) is 2.95. The summed E-state index contributed by atoms with van der Waals surface area (Å²) in [5.74, 6) is -1.61. The second-order valence-corrected chi connectivity index (χ2v) is 3.74. The van der Waals surface area contributed by atoms with E-state index >= 15 is 0 Å². The molecule has 0 atom stereocenters. The largest absolute Gasteiger partial charge is 0.355 e. The number of alkyl halides is 1. The van der Waals surface area contributed by atoms with Crippen molar-refractivity contribution in [1.29, 1.82) is 0 Å². The van der Waals surface area contributed by atoms with Crippen LogP contribution in [-0.2, 0) is 11.2 Å². The minimum atomic E-state index is -0.691. The van der Waals surface area contributed by atoms with Gasteiger partial charge in [-0.2, -0.15) is 0 Å². The van der Waals surface area contributed by atoms with Gasteiger partial charge in [0, 0.05) is 17.9 Å². The van der Waals surface area contributed by atoms with Gasteiger partial charge in [0.05, 0.1) is 6.42 Å². The fourth-order valence-electron chi connectivity index (χ4n) is 1.09. The zero-order valence-electron chi connectivity index (χ0n) is 7.90. The summed E-state index contributed by atoms with van der Waals surface area (Å²) in [4.78, 5) is 11.2. The molecule has 1 aromatic rings. The van der Waals surface area contributed by atoms with E-state index in [9.17, 15) is 13.6 Å². The van der Waals surface area contributed by atoms with Gasteiger partial charge in [-0.25, -0.2) is 8.78 Å². The molecule has 1 amide bonds. The lowest BCUT2D eigenvalue weighted by atomic mass is 10.1. The van der Waals surface area contributed by atoms with E-state index in [0.717, 1.165) is 12.1 Å². The minimum absolute atomic E-state index is 0.0703. The third-order valence-corrected chi connectivity index (χ3v) is 2.18. The fraction of sp³-hybridized carbons (Fsp3) is 0.300. The van der Waals surface area contributed by atoms with Crippen LogP contribution in [0.15, 0.2) is 18.2 Å². The number of benzene rings is 1. The average molecular weight is 278 g/mol. The Balaban J connectivity index is 2.60. The molecule has 5 heteroatoms. The lowest BCUT2D eigenvalue weighted by Crippen LogP contribution is -2.27. The van der Waals surface area contributed by atoms with Crippen LogP contribution in [0.2, 0.25) is 0 Å². The molecule has 0 radical (unpaired) electrons. The van der Waals surface area contributed by atoms with Gasteiger partial charge in [0.25, 0.3) is 0 Å². The first-order chi connectivity index (χ1) is 7.13. The zero-order valence-corrected chi connectivity index (χ0v) is 9.48. The lowest BCUT2D eigenvalue weighted by Gasteiger charge is -2.04. The maximum absolute atomic E-state index is 13.1. The zero-order chi connectivity index (χ0) is 11.3. The van der Waals surface area contributed by atoms with E-state index in [4.69, 9.17) is 0 Å². The molecule has 1 aromatic carbocycles. The van der Waals surface area contributed by atoms with Crippen LogP contribution >= 0.6 is 15.9 Å². The van der Waals surface area contributed by atoms with Crippen molar-refractivity contribution >= 4 is 21.8 Å². The number of carbonyl (C=O) groups excluding carboxylic acids is 1. The van der Waals surface area contributed by atoms with Crippen LogP contribution < -0.4 is 5.32 Å². The van der Waals surface area contributed by atoms with Gasteiger partial charge in [0.2, 0.25) is 5.91 Å². The quantitative estimate of drug-likeness (QED) is 0.839. The third kappa shape index (κ3) is 3.95. The molecule has 0 spiro atoms. The molecule has 1 N–H and O–H groups in total. The summed E-state index contributed by atoms with van der Waals surface area (Å²) in [5.41, 5.74) is 0.198. The Hall–Kier alpha value is -0.970. The average Bonchev–Trinajstić information content (AvgIpc) is 2.19. The molecular weight excluding hydrogens is 268 g/mol. The van der Waals surface area contributed by atoms with Crippen molar-refractivity contribution in [3.63, 3.8) is 0 Å². The lowest BCUT2D eigenvalue weighted by molar-refractivity contribution is -0.120. The summed E-state index contributed by atoms with van der Waals surface area (Å²) in [7, 11) is 0. The molecular formula is C10H10BrF2NO. The van der Waals surface area contributed by atoms with Gasteiger partial charge in [-0.1, -0.05) is 22.0 Å². The Kier molecular flexibility index (Phi) is 4.68. The summed E-state index contributed by atoms with van der Waals surface area (Å²) < 4.78 is 25.6. The first-order valence-corrected chi connectivity index (χ1v) is 5.52. The maximum Gasteiger partial charge on any atom is 0.224 e. The predicted molar refractivity (Wildman–Crippen MR) is 56.9 cm³/mol. The van der Waals surface area contributed by atoms with Crippen molar-refractivity contribution in [1.82, 2.24) is 5.32 Å². The summed E-state index contributed by atoms with van der Waals surface area (Å²) in [5, 5.41) is 3.22. The van der Waals surface area contributed by atoms with Crippen LogP contribution in [0.1, 0.15) is 5.56 Å². The van der Waals surface area contributed by atoms with E-state index < -0.39 is 11.6 Å². The van der Waals surface area contributed by atoms with Gasteiger partial charge in [-0.3, -0.25) is 4.79 Å². The number of amides is 1.